The van der Waals surface area contributed by atoms with Gasteiger partial charge >= 0.3 is 0 Å². The van der Waals surface area contributed by atoms with E-state index in [1.165, 1.54) is 0 Å². The summed E-state index contributed by atoms with van der Waals surface area (Å²) in [5.41, 5.74) is 0. The minimum absolute atomic E-state index is 0.0791. The summed E-state index contributed by atoms with van der Waals surface area (Å²) in [7, 11) is -3.68. The van der Waals surface area contributed by atoms with Gasteiger partial charge in [-0.3, -0.25) is 9.52 Å². The van der Waals surface area contributed by atoms with Gasteiger partial charge in [0.1, 0.15) is 0 Å². The van der Waals surface area contributed by atoms with E-state index >= 15 is 0 Å². The first-order chi connectivity index (χ1) is 7.27. The highest BCUT2D eigenvalue weighted by Gasteiger charge is 2.54. The Morgan fingerprint density at radius 1 is 1.44 bits per heavy atom. The molecule has 0 aromatic rings. The Morgan fingerprint density at radius 3 is 2.38 bits per heavy atom. The molecule has 0 heterocycles. The molecule has 0 aromatic heterocycles. The summed E-state index contributed by atoms with van der Waals surface area (Å²) in [6, 6.07) is 0. The molecule has 2 atom stereocenters. The van der Waals surface area contributed by atoms with Crippen LogP contribution in [0.5, 0.6) is 0 Å². The molecule has 1 N–H and O–H groups in total. The van der Waals surface area contributed by atoms with Crippen LogP contribution in [0.4, 0.5) is 8.78 Å². The summed E-state index contributed by atoms with van der Waals surface area (Å²) in [4.78, 5) is 11.4. The summed E-state index contributed by atoms with van der Waals surface area (Å²) in [5.74, 6) is -2.59. The summed E-state index contributed by atoms with van der Waals surface area (Å²) in [6.07, 6.45) is -1.44. The van der Waals surface area contributed by atoms with Gasteiger partial charge in [0, 0.05) is 11.8 Å². The van der Waals surface area contributed by atoms with Crippen LogP contribution >= 0.6 is 0 Å². The number of nitrogens with one attached hydrogen (secondary N) is 1. The van der Waals surface area contributed by atoms with Gasteiger partial charge < -0.3 is 0 Å². The number of sulfonamides is 1. The van der Waals surface area contributed by atoms with E-state index in [1.807, 2.05) is 4.72 Å². The quantitative estimate of drug-likeness (QED) is 0.809. The van der Waals surface area contributed by atoms with Gasteiger partial charge in [-0.1, -0.05) is 0 Å². The first-order valence-corrected chi connectivity index (χ1v) is 6.59. The van der Waals surface area contributed by atoms with Crippen molar-refractivity contribution in [1.82, 2.24) is 4.72 Å². The van der Waals surface area contributed by atoms with Gasteiger partial charge in [-0.25, -0.2) is 17.2 Å². The average molecular weight is 253 g/mol. The van der Waals surface area contributed by atoms with Crippen molar-refractivity contribution in [3.05, 3.63) is 0 Å². The highest BCUT2D eigenvalue weighted by molar-refractivity contribution is 7.91. The van der Waals surface area contributed by atoms with Gasteiger partial charge in [-0.05, 0) is 26.2 Å². The van der Waals surface area contributed by atoms with Crippen LogP contribution < -0.4 is 4.72 Å². The molecule has 0 unspecified atom stereocenters. The highest BCUT2D eigenvalue weighted by Crippen LogP contribution is 2.45. The van der Waals surface area contributed by atoms with E-state index in [2.05, 4.69) is 0 Å². The molecular formula is C9H13F2NO3S. The smallest absolute Gasteiger partial charge is 0.242 e. The lowest BCUT2D eigenvalue weighted by atomic mass is 10.3. The second-order valence-corrected chi connectivity index (χ2v) is 6.96. The Hall–Kier alpha value is -0.720. The molecule has 2 saturated carbocycles. The molecule has 1 amide bonds. The minimum atomic E-state index is -3.68. The third-order valence-corrected chi connectivity index (χ3v) is 5.51. The molecule has 0 spiro atoms. The van der Waals surface area contributed by atoms with Crippen LogP contribution in [0.15, 0.2) is 0 Å². The van der Waals surface area contributed by atoms with Crippen LogP contribution in [0.3, 0.4) is 0 Å². The summed E-state index contributed by atoms with van der Waals surface area (Å²) in [5, 5.41) is 0. The van der Waals surface area contributed by atoms with E-state index < -0.39 is 38.9 Å². The molecule has 0 radical (unpaired) electrons. The number of carbonyl (C=O) groups is 1. The van der Waals surface area contributed by atoms with Crippen molar-refractivity contribution in [1.29, 1.82) is 0 Å². The Bertz CT molecular complexity index is 416. The standard InChI is InChI=1S/C9H13F2NO3S/c1-9(2-3-9)16(14,15)12-8(13)6-4-5(6)7(10)11/h5-7H,2-4H2,1H3,(H,12,13)/t5-,6+/m1/s1. The molecule has 0 aliphatic heterocycles. The van der Waals surface area contributed by atoms with Gasteiger partial charge in [0.05, 0.1) is 4.75 Å². The predicted octanol–water partition coefficient (Wildman–Crippen LogP) is 0.886. The van der Waals surface area contributed by atoms with E-state index in [9.17, 15) is 22.0 Å². The monoisotopic (exact) mass is 253 g/mol. The molecule has 92 valence electrons. The van der Waals surface area contributed by atoms with Crippen LogP contribution in [-0.4, -0.2) is 25.5 Å². The molecule has 0 saturated heterocycles. The Kier molecular flexibility index (Phi) is 2.49. The van der Waals surface area contributed by atoms with Crippen molar-refractivity contribution >= 4 is 15.9 Å². The lowest BCUT2D eigenvalue weighted by Gasteiger charge is -2.11. The zero-order valence-electron chi connectivity index (χ0n) is 8.74. The van der Waals surface area contributed by atoms with Gasteiger partial charge in [0.2, 0.25) is 22.4 Å². The lowest BCUT2D eigenvalue weighted by Crippen LogP contribution is -2.39. The topological polar surface area (TPSA) is 63.2 Å². The molecule has 0 bridgehead atoms. The number of carbonyl (C=O) groups excluding carboxylic acids is 1. The van der Waals surface area contributed by atoms with Crippen molar-refractivity contribution < 1.29 is 22.0 Å². The number of hydrogen-bond donors (Lipinski definition) is 1. The molecule has 2 fully saturated rings. The van der Waals surface area contributed by atoms with Gasteiger partial charge in [-0.15, -0.1) is 0 Å². The summed E-state index contributed by atoms with van der Waals surface area (Å²) < 4.78 is 48.6. The van der Waals surface area contributed by atoms with Crippen LogP contribution in [0.2, 0.25) is 0 Å². The fourth-order valence-corrected chi connectivity index (χ4v) is 2.87. The van der Waals surface area contributed by atoms with E-state index in [0.29, 0.717) is 12.8 Å². The zero-order valence-corrected chi connectivity index (χ0v) is 9.56. The van der Waals surface area contributed by atoms with Crippen molar-refractivity contribution in [2.45, 2.75) is 37.4 Å². The number of rotatable bonds is 4. The first kappa shape index (κ1) is 11.8. The molecular weight excluding hydrogens is 240 g/mol. The summed E-state index contributed by atoms with van der Waals surface area (Å²) in [6.45, 7) is 1.54. The van der Waals surface area contributed by atoms with E-state index in [1.54, 1.807) is 6.92 Å². The third-order valence-electron chi connectivity index (χ3n) is 3.34. The number of halogens is 2. The third kappa shape index (κ3) is 1.92. The SMILES string of the molecule is CC1(S(=O)(=O)NC(=O)[C@H]2C[C@H]2C(F)F)CC1. The fourth-order valence-electron chi connectivity index (χ4n) is 1.57. The highest BCUT2D eigenvalue weighted by atomic mass is 32.2. The van der Waals surface area contributed by atoms with Crippen molar-refractivity contribution in [2.75, 3.05) is 0 Å². The number of amides is 1. The number of hydrogen-bond acceptors (Lipinski definition) is 3. The maximum Gasteiger partial charge on any atom is 0.242 e. The second kappa shape index (κ2) is 3.38. The molecule has 4 nitrogen and oxygen atoms in total. The van der Waals surface area contributed by atoms with Gasteiger partial charge in [-0.2, -0.15) is 0 Å². The van der Waals surface area contributed by atoms with E-state index in [0.717, 1.165) is 0 Å². The van der Waals surface area contributed by atoms with E-state index in [-0.39, 0.29) is 6.42 Å². The minimum Gasteiger partial charge on any atom is -0.274 e. The van der Waals surface area contributed by atoms with Gasteiger partial charge in [0.25, 0.3) is 0 Å². The zero-order chi connectivity index (χ0) is 12.1. The van der Waals surface area contributed by atoms with Crippen molar-refractivity contribution in [2.24, 2.45) is 11.8 Å². The fraction of sp³-hybridized carbons (Fsp3) is 0.889. The van der Waals surface area contributed by atoms with Crippen LogP contribution in [0.1, 0.15) is 26.2 Å². The van der Waals surface area contributed by atoms with Crippen LogP contribution in [0.25, 0.3) is 0 Å². The predicted molar refractivity (Wildman–Crippen MR) is 52.3 cm³/mol. The largest absolute Gasteiger partial charge is 0.274 e. The Balaban J connectivity index is 1.94. The first-order valence-electron chi connectivity index (χ1n) is 5.11. The average Bonchev–Trinajstić information content (AvgIpc) is 2.93. The number of alkyl halides is 2. The van der Waals surface area contributed by atoms with Crippen molar-refractivity contribution in [3.8, 4) is 0 Å². The molecule has 2 aliphatic rings. The Morgan fingerprint density at radius 2 is 2.00 bits per heavy atom. The van der Waals surface area contributed by atoms with Gasteiger partial charge in [0.15, 0.2) is 0 Å². The summed E-state index contributed by atoms with van der Waals surface area (Å²) >= 11 is 0. The van der Waals surface area contributed by atoms with Crippen LogP contribution in [0, 0.1) is 11.8 Å². The normalized spacial score (nSPS) is 31.2. The molecule has 16 heavy (non-hydrogen) atoms. The molecule has 2 rings (SSSR count). The lowest BCUT2D eigenvalue weighted by molar-refractivity contribution is -0.121. The maximum atomic E-state index is 12.2. The maximum absolute atomic E-state index is 12.2. The Labute approximate surface area is 92.5 Å². The molecule has 2 aliphatic carbocycles. The second-order valence-electron chi connectivity index (χ2n) is 4.76. The molecule has 0 aromatic carbocycles. The molecule has 7 heteroatoms. The van der Waals surface area contributed by atoms with E-state index in [4.69, 9.17) is 0 Å². The van der Waals surface area contributed by atoms with Crippen LogP contribution in [-0.2, 0) is 14.8 Å². The van der Waals surface area contributed by atoms with Crippen molar-refractivity contribution in [3.63, 3.8) is 0 Å².